The molecule has 2 aromatic carbocycles. The minimum Gasteiger partial charge on any atom is -0.454 e. The standard InChI is InChI=1S/C24H26N4O4/c1-16-5-2-3-7-19(16)23-26-22(32-27-23)14-28-10-4-6-18(13-28)24(29)25-12-17-8-9-20-21(11-17)31-15-30-20/h2-3,5,7-9,11,18H,4,6,10,12-15H2,1H3,(H,25,29). The zero-order chi connectivity index (χ0) is 21.9. The van der Waals surface area contributed by atoms with Crippen LogP contribution in [0.5, 0.6) is 11.5 Å². The predicted molar refractivity (Wildman–Crippen MR) is 117 cm³/mol. The van der Waals surface area contributed by atoms with Gasteiger partial charge in [-0.3, -0.25) is 9.69 Å². The van der Waals surface area contributed by atoms with Crippen LogP contribution in [-0.2, 0) is 17.9 Å². The molecular formula is C24H26N4O4. The Balaban J connectivity index is 1.16. The van der Waals surface area contributed by atoms with E-state index in [2.05, 4.69) is 20.4 Å². The molecule has 0 bridgehead atoms. The smallest absolute Gasteiger partial charge is 0.241 e. The highest BCUT2D eigenvalue weighted by Crippen LogP contribution is 2.32. The van der Waals surface area contributed by atoms with E-state index in [9.17, 15) is 4.79 Å². The minimum absolute atomic E-state index is 0.0588. The molecule has 1 N–H and O–H groups in total. The Morgan fingerprint density at radius 3 is 2.97 bits per heavy atom. The third kappa shape index (κ3) is 4.45. The molecule has 0 spiro atoms. The maximum Gasteiger partial charge on any atom is 0.241 e. The van der Waals surface area contributed by atoms with Gasteiger partial charge in [0.2, 0.25) is 24.4 Å². The molecule has 32 heavy (non-hydrogen) atoms. The molecule has 1 unspecified atom stereocenters. The van der Waals surface area contributed by atoms with Crippen LogP contribution in [0, 0.1) is 12.8 Å². The number of fused-ring (bicyclic) bond motifs is 1. The van der Waals surface area contributed by atoms with Gasteiger partial charge in [0.05, 0.1) is 12.5 Å². The van der Waals surface area contributed by atoms with Crippen LogP contribution in [0.2, 0.25) is 0 Å². The van der Waals surface area contributed by atoms with Crippen molar-refractivity contribution in [3.63, 3.8) is 0 Å². The number of nitrogens with zero attached hydrogens (tertiary/aromatic N) is 3. The number of piperidine rings is 1. The van der Waals surface area contributed by atoms with Crippen molar-refractivity contribution in [3.8, 4) is 22.9 Å². The molecule has 3 aromatic rings. The molecule has 1 aromatic heterocycles. The number of ether oxygens (including phenoxy) is 2. The number of amides is 1. The molecule has 5 rings (SSSR count). The van der Waals surface area contributed by atoms with Crippen molar-refractivity contribution in [2.45, 2.75) is 32.9 Å². The van der Waals surface area contributed by atoms with Crippen molar-refractivity contribution in [1.29, 1.82) is 0 Å². The van der Waals surface area contributed by atoms with Gasteiger partial charge in [0.15, 0.2) is 11.5 Å². The lowest BCUT2D eigenvalue weighted by molar-refractivity contribution is -0.127. The lowest BCUT2D eigenvalue weighted by atomic mass is 9.97. The fraction of sp³-hybridized carbons (Fsp3) is 0.375. The van der Waals surface area contributed by atoms with E-state index in [1.807, 2.05) is 49.4 Å². The molecule has 0 saturated carbocycles. The van der Waals surface area contributed by atoms with Crippen molar-refractivity contribution in [1.82, 2.24) is 20.4 Å². The van der Waals surface area contributed by atoms with Gasteiger partial charge < -0.3 is 19.3 Å². The fourth-order valence-corrected chi connectivity index (χ4v) is 4.24. The summed E-state index contributed by atoms with van der Waals surface area (Å²) >= 11 is 0. The van der Waals surface area contributed by atoms with Gasteiger partial charge in [0.25, 0.3) is 0 Å². The predicted octanol–water partition coefficient (Wildman–Crippen LogP) is 3.30. The Kier molecular flexibility index (Phi) is 5.77. The Bertz CT molecular complexity index is 1110. The van der Waals surface area contributed by atoms with Gasteiger partial charge in [-0.05, 0) is 49.6 Å². The van der Waals surface area contributed by atoms with Crippen LogP contribution in [-0.4, -0.2) is 40.8 Å². The summed E-state index contributed by atoms with van der Waals surface area (Å²) in [6.45, 7) is 4.88. The average Bonchev–Trinajstić information content (AvgIpc) is 3.47. The van der Waals surface area contributed by atoms with Gasteiger partial charge >= 0.3 is 0 Å². The van der Waals surface area contributed by atoms with Gasteiger partial charge in [-0.25, -0.2) is 0 Å². The fourth-order valence-electron chi connectivity index (χ4n) is 4.24. The van der Waals surface area contributed by atoms with Crippen LogP contribution in [0.1, 0.15) is 29.9 Å². The van der Waals surface area contributed by atoms with E-state index in [0.29, 0.717) is 31.3 Å². The topological polar surface area (TPSA) is 89.7 Å². The second-order valence-electron chi connectivity index (χ2n) is 8.31. The second-order valence-corrected chi connectivity index (χ2v) is 8.31. The Labute approximate surface area is 186 Å². The minimum atomic E-state index is -0.0588. The highest BCUT2D eigenvalue weighted by atomic mass is 16.7. The van der Waals surface area contributed by atoms with Crippen LogP contribution >= 0.6 is 0 Å². The summed E-state index contributed by atoms with van der Waals surface area (Å²) in [6, 6.07) is 13.7. The number of aryl methyl sites for hydroxylation is 1. The van der Waals surface area contributed by atoms with Gasteiger partial charge in [-0.15, -0.1) is 0 Å². The molecule has 0 aliphatic carbocycles. The first-order valence-corrected chi connectivity index (χ1v) is 10.9. The Morgan fingerprint density at radius 1 is 1.19 bits per heavy atom. The third-order valence-corrected chi connectivity index (χ3v) is 5.99. The first kappa shape index (κ1) is 20.5. The molecular weight excluding hydrogens is 408 g/mol. The quantitative estimate of drug-likeness (QED) is 0.637. The lowest BCUT2D eigenvalue weighted by Crippen LogP contribution is -2.42. The van der Waals surface area contributed by atoms with Gasteiger partial charge in [0, 0.05) is 18.7 Å². The summed E-state index contributed by atoms with van der Waals surface area (Å²) in [5.41, 5.74) is 3.07. The maximum atomic E-state index is 12.8. The van der Waals surface area contributed by atoms with E-state index in [-0.39, 0.29) is 18.6 Å². The number of benzene rings is 2. The molecule has 0 radical (unpaired) electrons. The van der Waals surface area contributed by atoms with E-state index in [1.54, 1.807) is 0 Å². The SMILES string of the molecule is Cc1ccccc1-c1noc(CN2CCCC(C(=O)NCc3ccc4c(c3)OCO4)C2)n1. The Hall–Kier alpha value is -3.39. The summed E-state index contributed by atoms with van der Waals surface area (Å²) in [4.78, 5) is 19.6. The van der Waals surface area contributed by atoms with E-state index in [1.165, 1.54) is 0 Å². The van der Waals surface area contributed by atoms with Crippen LogP contribution < -0.4 is 14.8 Å². The number of hydrogen-bond donors (Lipinski definition) is 1. The van der Waals surface area contributed by atoms with E-state index < -0.39 is 0 Å². The maximum absolute atomic E-state index is 12.8. The second kappa shape index (κ2) is 9.00. The number of likely N-dealkylation sites (tertiary alicyclic amines) is 1. The molecule has 3 heterocycles. The van der Waals surface area contributed by atoms with Crippen LogP contribution in [0.15, 0.2) is 47.0 Å². The van der Waals surface area contributed by atoms with Crippen molar-refractivity contribution >= 4 is 5.91 Å². The summed E-state index contributed by atoms with van der Waals surface area (Å²) in [5, 5.41) is 7.21. The Morgan fingerprint density at radius 2 is 2.06 bits per heavy atom. The number of aromatic nitrogens is 2. The largest absolute Gasteiger partial charge is 0.454 e. The monoisotopic (exact) mass is 434 g/mol. The molecule has 1 saturated heterocycles. The molecule has 8 nitrogen and oxygen atoms in total. The number of carbonyl (C=O) groups is 1. The normalized spacial score (nSPS) is 18.0. The third-order valence-electron chi connectivity index (χ3n) is 5.99. The lowest BCUT2D eigenvalue weighted by Gasteiger charge is -2.30. The first-order valence-electron chi connectivity index (χ1n) is 10.9. The molecule has 1 fully saturated rings. The molecule has 166 valence electrons. The zero-order valence-electron chi connectivity index (χ0n) is 18.0. The van der Waals surface area contributed by atoms with Crippen LogP contribution in [0.25, 0.3) is 11.4 Å². The summed E-state index contributed by atoms with van der Waals surface area (Å²) in [7, 11) is 0. The highest BCUT2D eigenvalue weighted by Gasteiger charge is 2.27. The molecule has 1 atom stereocenters. The average molecular weight is 434 g/mol. The van der Waals surface area contributed by atoms with E-state index in [4.69, 9.17) is 14.0 Å². The van der Waals surface area contributed by atoms with E-state index >= 15 is 0 Å². The van der Waals surface area contributed by atoms with Gasteiger partial charge in [-0.1, -0.05) is 35.5 Å². The van der Waals surface area contributed by atoms with Crippen molar-refractivity contribution in [2.24, 2.45) is 5.92 Å². The van der Waals surface area contributed by atoms with Crippen molar-refractivity contribution < 1.29 is 18.8 Å². The number of hydrogen-bond acceptors (Lipinski definition) is 7. The molecule has 2 aliphatic heterocycles. The summed E-state index contributed by atoms with van der Waals surface area (Å²) < 4.78 is 16.2. The summed E-state index contributed by atoms with van der Waals surface area (Å²) in [6.07, 6.45) is 1.84. The van der Waals surface area contributed by atoms with E-state index in [0.717, 1.165) is 47.6 Å². The number of carbonyl (C=O) groups excluding carboxylic acids is 1. The zero-order valence-corrected chi connectivity index (χ0v) is 18.0. The molecule has 1 amide bonds. The number of rotatable bonds is 6. The first-order chi connectivity index (χ1) is 15.7. The van der Waals surface area contributed by atoms with Gasteiger partial charge in [0.1, 0.15) is 0 Å². The number of nitrogens with one attached hydrogen (secondary N) is 1. The molecule has 2 aliphatic rings. The van der Waals surface area contributed by atoms with Gasteiger partial charge in [-0.2, -0.15) is 4.98 Å². The van der Waals surface area contributed by atoms with Crippen molar-refractivity contribution in [2.75, 3.05) is 19.9 Å². The highest BCUT2D eigenvalue weighted by molar-refractivity contribution is 5.79. The van der Waals surface area contributed by atoms with Crippen LogP contribution in [0.4, 0.5) is 0 Å². The molecule has 8 heteroatoms. The van der Waals surface area contributed by atoms with Crippen LogP contribution in [0.3, 0.4) is 0 Å². The van der Waals surface area contributed by atoms with Crippen molar-refractivity contribution in [3.05, 3.63) is 59.5 Å². The summed E-state index contributed by atoms with van der Waals surface area (Å²) in [5.74, 6) is 2.66.